The smallest absolute Gasteiger partial charge is 0.350 e. The first-order valence-corrected chi connectivity index (χ1v) is 11.6. The van der Waals surface area contributed by atoms with E-state index in [1.54, 1.807) is 34.3 Å². The Hall–Kier alpha value is -3.31. The Morgan fingerprint density at radius 2 is 1.75 bits per heavy atom. The molecule has 1 unspecified atom stereocenters. The molecule has 1 fully saturated rings. The van der Waals surface area contributed by atoms with Gasteiger partial charge in [0.25, 0.3) is 0 Å². The number of hydrogen-bond donors (Lipinski definition) is 1. The molecule has 3 heterocycles. The Labute approximate surface area is 212 Å². The van der Waals surface area contributed by atoms with E-state index in [4.69, 9.17) is 0 Å². The third-order valence-electron chi connectivity index (χ3n) is 6.05. The minimum absolute atomic E-state index is 0.111. The van der Waals surface area contributed by atoms with Gasteiger partial charge in [0, 0.05) is 24.6 Å². The lowest BCUT2D eigenvalue weighted by atomic mass is 9.45. The van der Waals surface area contributed by atoms with E-state index in [9.17, 15) is 18.0 Å². The second-order valence-electron chi connectivity index (χ2n) is 10.5. The van der Waals surface area contributed by atoms with Crippen molar-refractivity contribution in [2.45, 2.75) is 29.7 Å². The zero-order valence-electron chi connectivity index (χ0n) is 21.1. The Morgan fingerprint density at radius 3 is 2.33 bits per heavy atom. The molecule has 2 aromatic heterocycles. The fourth-order valence-corrected chi connectivity index (χ4v) is 4.64. The number of halogens is 3. The Morgan fingerprint density at radius 1 is 1.08 bits per heavy atom. The zero-order valence-corrected chi connectivity index (χ0v) is 21.1. The van der Waals surface area contributed by atoms with Gasteiger partial charge in [0.15, 0.2) is 0 Å². The summed E-state index contributed by atoms with van der Waals surface area (Å²) in [6.07, 6.45) is 0.488. The first kappa shape index (κ1) is 25.8. The van der Waals surface area contributed by atoms with Gasteiger partial charge in [-0.1, -0.05) is 0 Å². The number of amides is 2. The van der Waals surface area contributed by atoms with Crippen molar-refractivity contribution in [3.63, 3.8) is 0 Å². The summed E-state index contributed by atoms with van der Waals surface area (Å²) in [5.74, 6) is 0.837. The third kappa shape index (κ3) is 5.12. The summed E-state index contributed by atoms with van der Waals surface area (Å²) in [7, 11) is 10.1. The summed E-state index contributed by atoms with van der Waals surface area (Å²) < 4.78 is 40.2. The SMILES string of the molecule is BC(B)(B)N1C(=O)N(c2ccnc(NC(C)c3cn(-c4ccc(C(F)(F)F)cc4)cn3)n2)CC1(B)B. The Balaban J connectivity index is 1.49. The molecule has 1 aromatic carbocycles. The predicted molar refractivity (Wildman–Crippen MR) is 145 cm³/mol. The van der Waals surface area contributed by atoms with Crippen LogP contribution in [0.4, 0.5) is 29.7 Å². The van der Waals surface area contributed by atoms with Gasteiger partial charge in [0.2, 0.25) is 5.95 Å². The van der Waals surface area contributed by atoms with Gasteiger partial charge >= 0.3 is 12.2 Å². The summed E-state index contributed by atoms with van der Waals surface area (Å²) in [6, 6.07) is 6.17. The largest absolute Gasteiger partial charge is 0.416 e. The van der Waals surface area contributed by atoms with Crippen LogP contribution in [0.2, 0.25) is 0 Å². The molecule has 0 spiro atoms. The predicted octanol–water partition coefficient (Wildman–Crippen LogP) is -1.47. The maximum atomic E-state index is 13.2. The van der Waals surface area contributed by atoms with E-state index < -0.39 is 11.7 Å². The van der Waals surface area contributed by atoms with Crippen molar-refractivity contribution in [3.05, 3.63) is 60.3 Å². The van der Waals surface area contributed by atoms with Crippen molar-refractivity contribution in [2.24, 2.45) is 0 Å². The first-order chi connectivity index (χ1) is 16.7. The summed E-state index contributed by atoms with van der Waals surface area (Å²) in [5.41, 5.74) is 0.510. The molecule has 1 saturated heterocycles. The maximum absolute atomic E-state index is 13.2. The Kier molecular flexibility index (Phi) is 6.42. The lowest BCUT2D eigenvalue weighted by molar-refractivity contribution is -0.137. The molecule has 1 aliphatic rings. The van der Waals surface area contributed by atoms with Crippen LogP contribution < -0.4 is 10.2 Å². The number of nitrogens with one attached hydrogen (secondary N) is 1. The van der Waals surface area contributed by atoms with Crippen molar-refractivity contribution >= 4 is 57.0 Å². The van der Waals surface area contributed by atoms with Crippen molar-refractivity contribution < 1.29 is 18.0 Å². The molecule has 0 radical (unpaired) electrons. The molecule has 0 saturated carbocycles. The lowest BCUT2D eigenvalue weighted by Gasteiger charge is -2.41. The normalized spacial score (nSPS) is 16.8. The van der Waals surface area contributed by atoms with E-state index in [1.165, 1.54) is 12.1 Å². The van der Waals surface area contributed by atoms with E-state index in [1.807, 2.05) is 51.1 Å². The van der Waals surface area contributed by atoms with Crippen LogP contribution >= 0.6 is 0 Å². The summed E-state index contributed by atoms with van der Waals surface area (Å²) >= 11 is 0. The fourth-order valence-electron chi connectivity index (χ4n) is 4.64. The van der Waals surface area contributed by atoms with E-state index in [0.717, 1.165) is 12.1 Å². The molecule has 4 rings (SSSR count). The number of alkyl halides is 3. The molecule has 8 nitrogen and oxygen atoms in total. The highest BCUT2D eigenvalue weighted by atomic mass is 19.4. The average Bonchev–Trinajstić information content (AvgIpc) is 3.35. The summed E-state index contributed by atoms with van der Waals surface area (Å²) in [4.78, 5) is 30.0. The topological polar surface area (TPSA) is 79.2 Å². The quantitative estimate of drug-likeness (QED) is 0.427. The van der Waals surface area contributed by atoms with Crippen LogP contribution in [0.3, 0.4) is 0 Å². The molecular weight excluding hydrogens is 465 g/mol. The number of rotatable bonds is 6. The van der Waals surface area contributed by atoms with E-state index in [2.05, 4.69) is 20.3 Å². The van der Waals surface area contributed by atoms with Gasteiger partial charge < -0.3 is 14.8 Å². The number of carbonyl (C=O) groups excluding carboxylic acids is 1. The fraction of sp³-hybridized carbons (Fsp3) is 0.300. The van der Waals surface area contributed by atoms with Crippen molar-refractivity contribution in [1.29, 1.82) is 0 Å². The van der Waals surface area contributed by atoms with Crippen LogP contribution in [0.5, 0.6) is 0 Å². The first-order valence-electron chi connectivity index (χ1n) is 11.6. The van der Waals surface area contributed by atoms with E-state index >= 15 is 0 Å². The van der Waals surface area contributed by atoms with Crippen molar-refractivity contribution in [3.8, 4) is 5.69 Å². The molecule has 36 heavy (non-hydrogen) atoms. The van der Waals surface area contributed by atoms with E-state index in [0.29, 0.717) is 29.7 Å². The van der Waals surface area contributed by atoms with Gasteiger partial charge in [0.1, 0.15) is 45.0 Å². The second-order valence-corrected chi connectivity index (χ2v) is 10.5. The van der Waals surface area contributed by atoms with Crippen LogP contribution in [-0.4, -0.2) is 86.8 Å². The summed E-state index contributed by atoms with van der Waals surface area (Å²) in [6.45, 7) is 2.37. The van der Waals surface area contributed by atoms with Gasteiger partial charge in [-0.25, -0.2) is 14.8 Å². The minimum Gasteiger partial charge on any atom is -0.350 e. The van der Waals surface area contributed by atoms with Gasteiger partial charge in [-0.2, -0.15) is 18.2 Å². The van der Waals surface area contributed by atoms with Gasteiger partial charge in [0.05, 0.1) is 23.6 Å². The number of benzene rings is 1. The summed E-state index contributed by atoms with van der Waals surface area (Å²) in [5, 5.41) is 2.48. The van der Waals surface area contributed by atoms with Crippen molar-refractivity contribution in [1.82, 2.24) is 24.4 Å². The van der Waals surface area contributed by atoms with Gasteiger partial charge in [-0.15, -0.1) is 0 Å². The molecule has 1 atom stereocenters. The number of imidazole rings is 1. The minimum atomic E-state index is -4.38. The molecule has 1 N–H and O–H groups in total. The average molecular weight is 491 g/mol. The third-order valence-corrected chi connectivity index (χ3v) is 6.05. The number of carbonyl (C=O) groups is 1. The second kappa shape index (κ2) is 8.97. The molecule has 1 aliphatic heterocycles. The maximum Gasteiger partial charge on any atom is 0.416 e. The van der Waals surface area contributed by atoms with Crippen LogP contribution in [-0.2, 0) is 6.18 Å². The van der Waals surface area contributed by atoms with Gasteiger partial charge in [-0.3, -0.25) is 4.90 Å². The molecular formula is C20H25B5F3N7O. The van der Waals surface area contributed by atoms with Crippen LogP contribution in [0, 0.1) is 0 Å². The monoisotopic (exact) mass is 491 g/mol. The molecule has 182 valence electrons. The Bertz CT molecular complexity index is 1260. The standard InChI is InChI=1S/C20H25B5F3N7O/c1-11(14-8-33(10-30-14)13-4-2-12(3-5-13)19(26,27)28)31-16-29-7-6-15(32-16)34-9-18(21,22)35(17(34)36)20(23,24)25/h2-8,10-11H,9,21-25H2,1H3,(H,29,31,32). The number of hydrogen-bond acceptors (Lipinski definition) is 5. The van der Waals surface area contributed by atoms with Gasteiger partial charge in [-0.05, 0) is 47.8 Å². The molecule has 0 bridgehead atoms. The van der Waals surface area contributed by atoms with Crippen LogP contribution in [0.25, 0.3) is 5.69 Å². The molecule has 16 heteroatoms. The number of urea groups is 1. The van der Waals surface area contributed by atoms with Crippen LogP contribution in [0.1, 0.15) is 24.2 Å². The van der Waals surface area contributed by atoms with Crippen LogP contribution in [0.15, 0.2) is 49.1 Å². The van der Waals surface area contributed by atoms with E-state index in [-0.39, 0.29) is 22.6 Å². The molecule has 3 aromatic rings. The highest BCUT2D eigenvalue weighted by Gasteiger charge is 2.48. The molecule has 0 aliphatic carbocycles. The lowest BCUT2D eigenvalue weighted by Crippen LogP contribution is -2.62. The number of anilines is 2. The number of nitrogens with zero attached hydrogens (tertiary/aromatic N) is 6. The van der Waals surface area contributed by atoms with Crippen molar-refractivity contribution in [2.75, 3.05) is 16.8 Å². The highest BCUT2D eigenvalue weighted by Crippen LogP contribution is 2.31. The highest BCUT2D eigenvalue weighted by molar-refractivity contribution is 6.61. The molecule has 2 amide bonds. The zero-order chi connectivity index (χ0) is 26.5. The number of aromatic nitrogens is 4.